The van der Waals surface area contributed by atoms with Crippen LogP contribution in [0.1, 0.15) is 50.4 Å². The molecule has 0 amide bonds. The molecule has 0 aromatic carbocycles. The van der Waals surface area contributed by atoms with Crippen molar-refractivity contribution in [2.45, 2.75) is 45.6 Å². The van der Waals surface area contributed by atoms with Crippen LogP contribution >= 0.6 is 0 Å². The maximum atomic E-state index is 12.3. The topological polar surface area (TPSA) is 65.2 Å². The first-order valence-corrected chi connectivity index (χ1v) is 6.49. The van der Waals surface area contributed by atoms with Gasteiger partial charge in [-0.1, -0.05) is 20.8 Å². The number of rotatable bonds is 7. The van der Waals surface area contributed by atoms with Crippen LogP contribution in [0, 0.1) is 0 Å². The van der Waals surface area contributed by atoms with Crippen LogP contribution in [0.15, 0.2) is 18.5 Å². The van der Waals surface area contributed by atoms with E-state index < -0.39 is 5.54 Å². The molecule has 0 fully saturated rings. The molecule has 0 saturated carbocycles. The first-order chi connectivity index (χ1) is 8.57. The van der Waals surface area contributed by atoms with Gasteiger partial charge in [-0.25, -0.2) is 0 Å². The fourth-order valence-corrected chi connectivity index (χ4v) is 1.70. The number of nitrogens with zero attached hydrogens (tertiary/aromatic N) is 1. The van der Waals surface area contributed by atoms with Gasteiger partial charge in [-0.3, -0.25) is 9.78 Å². The van der Waals surface area contributed by atoms with Crippen LogP contribution in [0.5, 0.6) is 5.75 Å². The number of nitrogens with two attached hydrogens (primary N) is 1. The van der Waals surface area contributed by atoms with Crippen molar-refractivity contribution >= 4 is 5.78 Å². The van der Waals surface area contributed by atoms with E-state index in [9.17, 15) is 4.79 Å². The van der Waals surface area contributed by atoms with Gasteiger partial charge in [0.15, 0.2) is 5.78 Å². The molecule has 0 aliphatic rings. The van der Waals surface area contributed by atoms with E-state index in [1.165, 1.54) is 0 Å². The molecule has 1 aromatic rings. The minimum Gasteiger partial charge on any atom is -0.492 e. The minimum atomic E-state index is -0.801. The Hall–Kier alpha value is -1.42. The van der Waals surface area contributed by atoms with Crippen molar-refractivity contribution in [2.24, 2.45) is 5.73 Å². The Morgan fingerprint density at radius 3 is 2.56 bits per heavy atom. The molecule has 4 heteroatoms. The van der Waals surface area contributed by atoms with Gasteiger partial charge in [0, 0.05) is 11.8 Å². The first kappa shape index (κ1) is 14.6. The average molecular weight is 250 g/mol. The Balaban J connectivity index is 2.92. The molecule has 2 N–H and O–H groups in total. The summed E-state index contributed by atoms with van der Waals surface area (Å²) in [5.74, 6) is 0.555. The van der Waals surface area contributed by atoms with Crippen LogP contribution in [0.25, 0.3) is 0 Å². The van der Waals surface area contributed by atoms with Crippen LogP contribution < -0.4 is 10.5 Å². The summed E-state index contributed by atoms with van der Waals surface area (Å²) >= 11 is 0. The van der Waals surface area contributed by atoms with Crippen LogP contribution in [-0.2, 0) is 0 Å². The highest BCUT2D eigenvalue weighted by atomic mass is 16.5. The summed E-state index contributed by atoms with van der Waals surface area (Å²) in [6.07, 6.45) is 5.31. The van der Waals surface area contributed by atoms with Gasteiger partial charge < -0.3 is 10.5 Å². The Bertz CT molecular complexity index is 401. The van der Waals surface area contributed by atoms with Crippen molar-refractivity contribution in [2.75, 3.05) is 6.61 Å². The van der Waals surface area contributed by atoms with Gasteiger partial charge in [-0.2, -0.15) is 0 Å². The van der Waals surface area contributed by atoms with E-state index in [4.69, 9.17) is 10.5 Å². The molecule has 0 spiro atoms. The fourth-order valence-electron chi connectivity index (χ4n) is 1.70. The molecular weight excluding hydrogens is 228 g/mol. The van der Waals surface area contributed by atoms with Crippen LogP contribution in [-0.4, -0.2) is 22.9 Å². The summed E-state index contributed by atoms with van der Waals surface area (Å²) in [5, 5.41) is 0. The highest BCUT2D eigenvalue weighted by molar-refractivity contribution is 6.03. The smallest absolute Gasteiger partial charge is 0.184 e. The number of ether oxygens (including phenoxy) is 1. The molecule has 0 aliphatic carbocycles. The lowest BCUT2D eigenvalue weighted by Gasteiger charge is -2.24. The SMILES string of the molecule is CCCOc1cncc(C(=O)C(N)(CC)CC)c1. The predicted molar refractivity (Wildman–Crippen MR) is 71.9 cm³/mol. The Labute approximate surface area is 109 Å². The number of carbonyl (C=O) groups excluding carboxylic acids is 1. The number of Topliss-reactive ketones (excluding diaryl/α,β-unsaturated/α-hetero) is 1. The van der Waals surface area contributed by atoms with E-state index >= 15 is 0 Å². The Morgan fingerprint density at radius 2 is 2.00 bits per heavy atom. The zero-order valence-corrected chi connectivity index (χ0v) is 11.4. The first-order valence-electron chi connectivity index (χ1n) is 6.49. The third-order valence-corrected chi connectivity index (χ3v) is 3.16. The molecule has 0 unspecified atom stereocenters. The molecule has 0 saturated heterocycles. The number of hydrogen-bond acceptors (Lipinski definition) is 4. The van der Waals surface area contributed by atoms with Crippen molar-refractivity contribution in [1.82, 2.24) is 4.98 Å². The molecule has 0 bridgehead atoms. The molecule has 1 rings (SSSR count). The van der Waals surface area contributed by atoms with Crippen LogP contribution in [0.3, 0.4) is 0 Å². The van der Waals surface area contributed by atoms with Gasteiger partial charge in [-0.15, -0.1) is 0 Å². The third-order valence-electron chi connectivity index (χ3n) is 3.16. The van der Waals surface area contributed by atoms with Crippen molar-refractivity contribution in [3.8, 4) is 5.75 Å². The molecule has 100 valence electrons. The maximum Gasteiger partial charge on any atom is 0.184 e. The van der Waals surface area contributed by atoms with E-state index in [0.717, 1.165) is 6.42 Å². The molecule has 18 heavy (non-hydrogen) atoms. The lowest BCUT2D eigenvalue weighted by atomic mass is 9.86. The largest absolute Gasteiger partial charge is 0.492 e. The monoisotopic (exact) mass is 250 g/mol. The summed E-state index contributed by atoms with van der Waals surface area (Å²) in [6.45, 7) is 6.49. The van der Waals surface area contributed by atoms with Gasteiger partial charge >= 0.3 is 0 Å². The van der Waals surface area contributed by atoms with Crippen molar-refractivity contribution in [3.63, 3.8) is 0 Å². The summed E-state index contributed by atoms with van der Waals surface area (Å²) in [7, 11) is 0. The van der Waals surface area contributed by atoms with Crippen LogP contribution in [0.2, 0.25) is 0 Å². The van der Waals surface area contributed by atoms with Crippen molar-refractivity contribution in [3.05, 3.63) is 24.0 Å². The lowest BCUT2D eigenvalue weighted by molar-refractivity contribution is 0.0878. The second-order valence-electron chi connectivity index (χ2n) is 4.45. The van der Waals surface area contributed by atoms with Gasteiger partial charge in [0.2, 0.25) is 0 Å². The predicted octanol–water partition coefficient (Wildman–Crippen LogP) is 2.57. The standard InChI is InChI=1S/C14H22N2O2/c1-4-7-18-12-8-11(9-16-10-12)13(17)14(15,5-2)6-3/h8-10H,4-7,15H2,1-3H3. The molecular formula is C14H22N2O2. The summed E-state index contributed by atoms with van der Waals surface area (Å²) in [6, 6.07) is 1.72. The number of aromatic nitrogens is 1. The Morgan fingerprint density at radius 1 is 1.33 bits per heavy atom. The highest BCUT2D eigenvalue weighted by Gasteiger charge is 2.31. The Kier molecular flexibility index (Phi) is 5.28. The number of carbonyl (C=O) groups is 1. The van der Waals surface area contributed by atoms with E-state index in [2.05, 4.69) is 4.98 Å². The van der Waals surface area contributed by atoms with Gasteiger partial charge in [-0.05, 0) is 25.3 Å². The number of pyridine rings is 1. The van der Waals surface area contributed by atoms with Crippen LogP contribution in [0.4, 0.5) is 0 Å². The molecule has 1 aromatic heterocycles. The summed E-state index contributed by atoms with van der Waals surface area (Å²) in [5.41, 5.74) is 5.83. The van der Waals surface area contributed by atoms with E-state index in [1.54, 1.807) is 18.5 Å². The minimum absolute atomic E-state index is 0.0676. The van der Waals surface area contributed by atoms with Crippen molar-refractivity contribution < 1.29 is 9.53 Å². The molecule has 4 nitrogen and oxygen atoms in total. The van der Waals surface area contributed by atoms with E-state index in [1.807, 2.05) is 20.8 Å². The quantitative estimate of drug-likeness (QED) is 0.755. The van der Waals surface area contributed by atoms with Gasteiger partial charge in [0.25, 0.3) is 0 Å². The average Bonchev–Trinajstić information content (AvgIpc) is 2.43. The maximum absolute atomic E-state index is 12.3. The second-order valence-corrected chi connectivity index (χ2v) is 4.45. The highest BCUT2D eigenvalue weighted by Crippen LogP contribution is 2.20. The van der Waals surface area contributed by atoms with Gasteiger partial charge in [0.1, 0.15) is 5.75 Å². The normalized spacial score (nSPS) is 11.3. The zero-order chi connectivity index (χ0) is 13.6. The number of ketones is 1. The third kappa shape index (κ3) is 3.29. The molecule has 0 radical (unpaired) electrons. The zero-order valence-electron chi connectivity index (χ0n) is 11.4. The molecule has 0 aliphatic heterocycles. The fraction of sp³-hybridized carbons (Fsp3) is 0.571. The number of hydrogen-bond donors (Lipinski definition) is 1. The summed E-state index contributed by atoms with van der Waals surface area (Å²) in [4.78, 5) is 16.4. The second kappa shape index (κ2) is 6.50. The van der Waals surface area contributed by atoms with Crippen molar-refractivity contribution in [1.29, 1.82) is 0 Å². The lowest BCUT2D eigenvalue weighted by Crippen LogP contribution is -2.46. The molecule has 1 heterocycles. The van der Waals surface area contributed by atoms with E-state index in [-0.39, 0.29) is 5.78 Å². The summed E-state index contributed by atoms with van der Waals surface area (Å²) < 4.78 is 5.47. The van der Waals surface area contributed by atoms with E-state index in [0.29, 0.717) is 30.8 Å². The van der Waals surface area contributed by atoms with Gasteiger partial charge in [0.05, 0.1) is 18.3 Å². The molecule has 0 atom stereocenters.